The van der Waals surface area contributed by atoms with E-state index in [0.29, 0.717) is 12.5 Å². The van der Waals surface area contributed by atoms with Crippen molar-refractivity contribution in [2.24, 2.45) is 11.7 Å². The third-order valence-electron chi connectivity index (χ3n) is 3.50. The Kier molecular flexibility index (Phi) is 3.20. The Balaban J connectivity index is 2.00. The fourth-order valence-electron chi connectivity index (χ4n) is 2.20. The molecule has 1 aliphatic carbocycles. The number of nitrogens with zero attached hydrogens (tertiary/aromatic N) is 1. The molecule has 1 aliphatic rings. The van der Waals surface area contributed by atoms with E-state index >= 15 is 0 Å². The molecule has 1 saturated carbocycles. The summed E-state index contributed by atoms with van der Waals surface area (Å²) in [6.45, 7) is 2.48. The van der Waals surface area contributed by atoms with E-state index in [1.165, 1.54) is 0 Å². The molecule has 0 heterocycles. The normalized spacial score (nSPS) is 18.5. The number of hydrogen-bond donors (Lipinski definition) is 1. The lowest BCUT2D eigenvalue weighted by molar-refractivity contribution is -0.136. The highest BCUT2D eigenvalue weighted by atomic mass is 16.2. The van der Waals surface area contributed by atoms with E-state index < -0.39 is 5.54 Å². The number of carbonyl (C=O) groups is 1. The first-order chi connectivity index (χ1) is 8.01. The SMILES string of the molecule is CN(Cc1ccccc1)C(=O)C(C)(N)C1CC1. The predicted molar refractivity (Wildman–Crippen MR) is 68.2 cm³/mol. The molecule has 17 heavy (non-hydrogen) atoms. The van der Waals surface area contributed by atoms with E-state index in [4.69, 9.17) is 5.73 Å². The Bertz CT molecular complexity index is 396. The van der Waals surface area contributed by atoms with Crippen LogP contribution in [0.1, 0.15) is 25.3 Å². The zero-order valence-corrected chi connectivity index (χ0v) is 10.5. The third kappa shape index (κ3) is 2.67. The number of amides is 1. The van der Waals surface area contributed by atoms with Gasteiger partial charge >= 0.3 is 0 Å². The Hall–Kier alpha value is -1.35. The summed E-state index contributed by atoms with van der Waals surface area (Å²) < 4.78 is 0. The van der Waals surface area contributed by atoms with Crippen LogP contribution >= 0.6 is 0 Å². The van der Waals surface area contributed by atoms with E-state index in [0.717, 1.165) is 18.4 Å². The topological polar surface area (TPSA) is 46.3 Å². The summed E-state index contributed by atoms with van der Waals surface area (Å²) in [5.74, 6) is 0.414. The van der Waals surface area contributed by atoms with Crippen LogP contribution < -0.4 is 5.73 Å². The van der Waals surface area contributed by atoms with E-state index in [-0.39, 0.29) is 5.91 Å². The van der Waals surface area contributed by atoms with Crippen molar-refractivity contribution >= 4 is 5.91 Å². The number of rotatable bonds is 4. The first-order valence-electron chi connectivity index (χ1n) is 6.10. The van der Waals surface area contributed by atoms with Gasteiger partial charge in [-0.25, -0.2) is 0 Å². The van der Waals surface area contributed by atoms with Gasteiger partial charge in [-0.3, -0.25) is 4.79 Å². The van der Waals surface area contributed by atoms with Gasteiger partial charge in [-0.15, -0.1) is 0 Å². The highest BCUT2D eigenvalue weighted by Crippen LogP contribution is 2.38. The van der Waals surface area contributed by atoms with Gasteiger partial charge in [-0.1, -0.05) is 30.3 Å². The molecule has 3 heteroatoms. The molecule has 0 aliphatic heterocycles. The van der Waals surface area contributed by atoms with E-state index in [1.807, 2.05) is 44.3 Å². The molecule has 1 unspecified atom stereocenters. The summed E-state index contributed by atoms with van der Waals surface area (Å²) in [6.07, 6.45) is 2.16. The van der Waals surface area contributed by atoms with Crippen molar-refractivity contribution < 1.29 is 4.79 Å². The summed E-state index contributed by atoms with van der Waals surface area (Å²) >= 11 is 0. The molecule has 92 valence electrons. The minimum Gasteiger partial charge on any atom is -0.340 e. The van der Waals surface area contributed by atoms with Crippen LogP contribution in [0.3, 0.4) is 0 Å². The van der Waals surface area contributed by atoms with Crippen LogP contribution in [-0.2, 0) is 11.3 Å². The lowest BCUT2D eigenvalue weighted by atomic mass is 9.95. The Morgan fingerprint density at radius 3 is 2.53 bits per heavy atom. The number of carbonyl (C=O) groups excluding carboxylic acids is 1. The Morgan fingerprint density at radius 1 is 1.41 bits per heavy atom. The fourth-order valence-corrected chi connectivity index (χ4v) is 2.20. The molecule has 2 N–H and O–H groups in total. The Labute approximate surface area is 103 Å². The molecule has 2 rings (SSSR count). The maximum Gasteiger partial charge on any atom is 0.242 e. The minimum atomic E-state index is -0.691. The molecular weight excluding hydrogens is 212 g/mol. The quantitative estimate of drug-likeness (QED) is 0.860. The van der Waals surface area contributed by atoms with Gasteiger partial charge in [-0.2, -0.15) is 0 Å². The molecule has 1 aromatic rings. The van der Waals surface area contributed by atoms with Gasteiger partial charge in [0, 0.05) is 13.6 Å². The van der Waals surface area contributed by atoms with Crippen molar-refractivity contribution in [2.45, 2.75) is 31.8 Å². The molecule has 0 bridgehead atoms. The standard InChI is InChI=1S/C14H20N2O/c1-14(15,12-8-9-12)13(17)16(2)10-11-6-4-3-5-7-11/h3-7,12H,8-10,15H2,1-2H3. The van der Waals surface area contributed by atoms with Crippen molar-refractivity contribution in [3.8, 4) is 0 Å². The zero-order valence-electron chi connectivity index (χ0n) is 10.5. The molecule has 1 aromatic carbocycles. The van der Waals surface area contributed by atoms with Crippen molar-refractivity contribution in [1.29, 1.82) is 0 Å². The molecule has 1 atom stereocenters. The Morgan fingerprint density at radius 2 is 2.00 bits per heavy atom. The van der Waals surface area contributed by atoms with Crippen LogP contribution in [-0.4, -0.2) is 23.4 Å². The number of nitrogens with two attached hydrogens (primary N) is 1. The van der Waals surface area contributed by atoms with Gasteiger partial charge in [0.2, 0.25) is 5.91 Å². The maximum absolute atomic E-state index is 12.3. The zero-order chi connectivity index (χ0) is 12.5. The van der Waals surface area contributed by atoms with Gasteiger partial charge in [0.25, 0.3) is 0 Å². The molecule has 0 aromatic heterocycles. The van der Waals surface area contributed by atoms with Gasteiger partial charge in [0.15, 0.2) is 0 Å². The largest absolute Gasteiger partial charge is 0.340 e. The van der Waals surface area contributed by atoms with Crippen molar-refractivity contribution in [2.75, 3.05) is 7.05 Å². The molecule has 0 spiro atoms. The summed E-state index contributed by atoms with van der Waals surface area (Å²) in [4.78, 5) is 14.0. The second-order valence-electron chi connectivity index (χ2n) is 5.20. The highest BCUT2D eigenvalue weighted by molar-refractivity contribution is 5.86. The molecule has 0 radical (unpaired) electrons. The second-order valence-corrected chi connectivity index (χ2v) is 5.20. The van der Waals surface area contributed by atoms with Crippen molar-refractivity contribution in [1.82, 2.24) is 4.90 Å². The predicted octanol–water partition coefficient (Wildman–Crippen LogP) is 1.77. The molecular formula is C14H20N2O. The lowest BCUT2D eigenvalue weighted by Crippen LogP contribution is -2.53. The summed E-state index contributed by atoms with van der Waals surface area (Å²) in [7, 11) is 1.82. The molecule has 0 saturated heterocycles. The van der Waals surface area contributed by atoms with Gasteiger partial charge in [0.05, 0.1) is 5.54 Å². The summed E-state index contributed by atoms with van der Waals surface area (Å²) in [5, 5.41) is 0. The minimum absolute atomic E-state index is 0.0452. The van der Waals surface area contributed by atoms with Crippen LogP contribution in [0.2, 0.25) is 0 Å². The average Bonchev–Trinajstić information content (AvgIpc) is 3.13. The monoisotopic (exact) mass is 232 g/mol. The van der Waals surface area contributed by atoms with Crippen LogP contribution in [0.25, 0.3) is 0 Å². The fraction of sp³-hybridized carbons (Fsp3) is 0.500. The molecule has 1 fully saturated rings. The molecule has 3 nitrogen and oxygen atoms in total. The average molecular weight is 232 g/mol. The lowest BCUT2D eigenvalue weighted by Gasteiger charge is -2.29. The van der Waals surface area contributed by atoms with Crippen LogP contribution in [0.4, 0.5) is 0 Å². The van der Waals surface area contributed by atoms with Gasteiger partial charge in [-0.05, 0) is 31.2 Å². The summed E-state index contributed by atoms with van der Waals surface area (Å²) in [6, 6.07) is 9.98. The maximum atomic E-state index is 12.3. The smallest absolute Gasteiger partial charge is 0.242 e. The number of likely N-dealkylation sites (N-methyl/N-ethyl adjacent to an activating group) is 1. The second kappa shape index (κ2) is 4.49. The number of hydrogen-bond acceptors (Lipinski definition) is 2. The highest BCUT2D eigenvalue weighted by Gasteiger charge is 2.45. The first-order valence-corrected chi connectivity index (χ1v) is 6.10. The van der Waals surface area contributed by atoms with Gasteiger partial charge in [0.1, 0.15) is 0 Å². The van der Waals surface area contributed by atoms with Crippen molar-refractivity contribution in [3.05, 3.63) is 35.9 Å². The van der Waals surface area contributed by atoms with Gasteiger partial charge < -0.3 is 10.6 Å². The van der Waals surface area contributed by atoms with Crippen LogP contribution in [0.15, 0.2) is 30.3 Å². The summed E-state index contributed by atoms with van der Waals surface area (Å²) in [5.41, 5.74) is 6.57. The van der Waals surface area contributed by atoms with E-state index in [2.05, 4.69) is 0 Å². The van der Waals surface area contributed by atoms with E-state index in [9.17, 15) is 4.79 Å². The van der Waals surface area contributed by atoms with E-state index in [1.54, 1.807) is 4.90 Å². The van der Waals surface area contributed by atoms with Crippen LogP contribution in [0, 0.1) is 5.92 Å². The third-order valence-corrected chi connectivity index (χ3v) is 3.50. The first kappa shape index (κ1) is 12.1. The van der Waals surface area contributed by atoms with Crippen LogP contribution in [0.5, 0.6) is 0 Å². The van der Waals surface area contributed by atoms with Crippen molar-refractivity contribution in [3.63, 3.8) is 0 Å². The number of benzene rings is 1. The molecule has 1 amide bonds.